The molecular weight excluding hydrogens is 304 g/mol. The van der Waals surface area contributed by atoms with Gasteiger partial charge in [-0.2, -0.15) is 0 Å². The molecule has 0 aromatic carbocycles. The van der Waals surface area contributed by atoms with Crippen molar-refractivity contribution in [2.24, 2.45) is 29.6 Å². The van der Waals surface area contributed by atoms with E-state index in [0.29, 0.717) is 6.10 Å². The zero-order chi connectivity index (χ0) is 17.5. The molecule has 0 aromatic heterocycles. The molecule has 0 heterocycles. The van der Waals surface area contributed by atoms with E-state index in [1.54, 1.807) is 51.4 Å². The fourth-order valence-corrected chi connectivity index (χ4v) is 6.51. The highest BCUT2D eigenvalue weighted by Crippen LogP contribution is 2.45. The summed E-state index contributed by atoms with van der Waals surface area (Å²) in [4.78, 5) is 0. The fourth-order valence-electron chi connectivity index (χ4n) is 6.51. The maximum Gasteiger partial charge on any atom is 0.0571 e. The highest BCUT2D eigenvalue weighted by Gasteiger charge is 2.34. The van der Waals surface area contributed by atoms with Crippen LogP contribution in [0.3, 0.4) is 0 Å². The van der Waals surface area contributed by atoms with Gasteiger partial charge >= 0.3 is 0 Å². The van der Waals surface area contributed by atoms with E-state index in [4.69, 9.17) is 4.74 Å². The lowest BCUT2D eigenvalue weighted by molar-refractivity contribution is 0.0355. The number of methoxy groups -OCH3 is 1. The Morgan fingerprint density at radius 3 is 1.48 bits per heavy atom. The third-order valence-corrected chi connectivity index (χ3v) is 8.31. The maximum absolute atomic E-state index is 5.56. The minimum absolute atomic E-state index is 0.570. The zero-order valence-electron chi connectivity index (χ0n) is 17.2. The van der Waals surface area contributed by atoms with Crippen LogP contribution in [-0.4, -0.2) is 13.2 Å². The first kappa shape index (κ1) is 19.7. The Bertz CT molecular complexity index is 341. The normalized spacial score (nSPS) is 40.1. The molecule has 3 aliphatic rings. The van der Waals surface area contributed by atoms with Crippen LogP contribution in [0.5, 0.6) is 0 Å². The van der Waals surface area contributed by atoms with Gasteiger partial charge in [-0.05, 0) is 93.8 Å². The van der Waals surface area contributed by atoms with Gasteiger partial charge in [0.1, 0.15) is 0 Å². The Morgan fingerprint density at radius 1 is 0.600 bits per heavy atom. The highest BCUT2D eigenvalue weighted by atomic mass is 16.5. The number of hydrogen-bond acceptors (Lipinski definition) is 1. The van der Waals surface area contributed by atoms with E-state index >= 15 is 0 Å². The standard InChI is InChI=1S/C24H44O/c1-3-4-5-6-19-7-9-20(10-8-19)21-11-13-22(14-12-21)23-15-17-24(25-2)18-16-23/h19-24H,3-18H2,1-2H3. The Hall–Kier alpha value is -0.0400. The van der Waals surface area contributed by atoms with Gasteiger partial charge in [-0.25, -0.2) is 0 Å². The molecule has 1 heteroatoms. The molecule has 0 bridgehead atoms. The molecule has 0 saturated heterocycles. The smallest absolute Gasteiger partial charge is 0.0571 e. The first-order valence-corrected chi connectivity index (χ1v) is 11.8. The van der Waals surface area contributed by atoms with Crippen molar-refractivity contribution in [1.29, 1.82) is 0 Å². The van der Waals surface area contributed by atoms with Gasteiger partial charge in [0.05, 0.1) is 6.10 Å². The van der Waals surface area contributed by atoms with Crippen molar-refractivity contribution in [3.8, 4) is 0 Å². The average Bonchev–Trinajstić information content (AvgIpc) is 2.69. The molecule has 1 nitrogen and oxygen atoms in total. The first-order valence-electron chi connectivity index (χ1n) is 11.8. The SMILES string of the molecule is CCCCCC1CCC(C2CCC(C3CCC(OC)CC3)CC2)CC1. The molecular formula is C24H44O. The molecule has 0 aliphatic heterocycles. The lowest BCUT2D eigenvalue weighted by atomic mass is 9.65. The molecule has 0 radical (unpaired) electrons. The summed E-state index contributed by atoms with van der Waals surface area (Å²) in [6.45, 7) is 2.33. The molecule has 146 valence electrons. The predicted molar refractivity (Wildman–Crippen MR) is 108 cm³/mol. The summed E-state index contributed by atoms with van der Waals surface area (Å²) in [5.74, 6) is 5.34. The molecule has 25 heavy (non-hydrogen) atoms. The van der Waals surface area contributed by atoms with Gasteiger partial charge in [-0.15, -0.1) is 0 Å². The Labute approximate surface area is 157 Å². The maximum atomic E-state index is 5.56. The van der Waals surface area contributed by atoms with E-state index in [9.17, 15) is 0 Å². The first-order chi connectivity index (χ1) is 12.3. The Kier molecular flexibility index (Phi) is 8.15. The van der Waals surface area contributed by atoms with E-state index in [2.05, 4.69) is 6.92 Å². The largest absolute Gasteiger partial charge is 0.381 e. The summed E-state index contributed by atoms with van der Waals surface area (Å²) in [6, 6.07) is 0. The van der Waals surface area contributed by atoms with Gasteiger partial charge < -0.3 is 4.74 Å². The van der Waals surface area contributed by atoms with E-state index in [1.807, 2.05) is 7.11 Å². The van der Waals surface area contributed by atoms with Crippen LogP contribution < -0.4 is 0 Å². The Balaban J connectivity index is 1.33. The van der Waals surface area contributed by atoms with Crippen molar-refractivity contribution in [2.45, 2.75) is 116 Å². The fraction of sp³-hybridized carbons (Fsp3) is 1.00. The number of hydrogen-bond donors (Lipinski definition) is 0. The molecule has 0 spiro atoms. The van der Waals surface area contributed by atoms with Crippen molar-refractivity contribution < 1.29 is 4.74 Å². The third-order valence-electron chi connectivity index (χ3n) is 8.31. The van der Waals surface area contributed by atoms with Gasteiger partial charge in [0, 0.05) is 7.11 Å². The lowest BCUT2D eigenvalue weighted by Gasteiger charge is -2.41. The minimum Gasteiger partial charge on any atom is -0.381 e. The van der Waals surface area contributed by atoms with Crippen LogP contribution in [0.2, 0.25) is 0 Å². The molecule has 0 unspecified atom stereocenters. The van der Waals surface area contributed by atoms with Gasteiger partial charge in [0.25, 0.3) is 0 Å². The van der Waals surface area contributed by atoms with Crippen LogP contribution in [0.4, 0.5) is 0 Å². The van der Waals surface area contributed by atoms with Crippen molar-refractivity contribution in [3.63, 3.8) is 0 Å². The lowest BCUT2D eigenvalue weighted by Crippen LogP contribution is -2.30. The summed E-state index contributed by atoms with van der Waals surface area (Å²) < 4.78 is 5.56. The van der Waals surface area contributed by atoms with Gasteiger partial charge in [0.15, 0.2) is 0 Å². The van der Waals surface area contributed by atoms with Crippen LogP contribution >= 0.6 is 0 Å². The quantitative estimate of drug-likeness (QED) is 0.436. The summed E-state index contributed by atoms with van der Waals surface area (Å²) in [5, 5.41) is 0. The zero-order valence-corrected chi connectivity index (χ0v) is 17.2. The molecule has 0 amide bonds. The van der Waals surface area contributed by atoms with Gasteiger partial charge in [-0.1, -0.05) is 45.4 Å². The molecule has 3 saturated carbocycles. The Morgan fingerprint density at radius 2 is 1.04 bits per heavy atom. The van der Waals surface area contributed by atoms with Crippen LogP contribution in [0, 0.1) is 29.6 Å². The van der Waals surface area contributed by atoms with Crippen molar-refractivity contribution in [2.75, 3.05) is 7.11 Å². The summed E-state index contributed by atoms with van der Waals surface area (Å²) in [5.41, 5.74) is 0. The number of rotatable bonds is 7. The molecule has 0 atom stereocenters. The van der Waals surface area contributed by atoms with Gasteiger partial charge in [-0.3, -0.25) is 0 Å². The topological polar surface area (TPSA) is 9.23 Å². The number of unbranched alkanes of at least 4 members (excludes halogenated alkanes) is 2. The van der Waals surface area contributed by atoms with Crippen LogP contribution in [0.1, 0.15) is 110 Å². The van der Waals surface area contributed by atoms with Crippen molar-refractivity contribution >= 4 is 0 Å². The highest BCUT2D eigenvalue weighted by molar-refractivity contribution is 4.86. The molecule has 3 fully saturated rings. The molecule has 0 N–H and O–H groups in total. The molecule has 3 aliphatic carbocycles. The van der Waals surface area contributed by atoms with Crippen molar-refractivity contribution in [3.05, 3.63) is 0 Å². The van der Waals surface area contributed by atoms with E-state index in [0.717, 1.165) is 29.6 Å². The summed E-state index contributed by atoms with van der Waals surface area (Å²) >= 11 is 0. The van der Waals surface area contributed by atoms with E-state index in [-0.39, 0.29) is 0 Å². The van der Waals surface area contributed by atoms with E-state index in [1.165, 1.54) is 51.4 Å². The monoisotopic (exact) mass is 348 g/mol. The molecule has 0 aromatic rings. The number of ether oxygens (including phenoxy) is 1. The van der Waals surface area contributed by atoms with Gasteiger partial charge in [0.2, 0.25) is 0 Å². The summed E-state index contributed by atoms with van der Waals surface area (Å²) in [7, 11) is 1.90. The second-order valence-electron chi connectivity index (χ2n) is 9.72. The average molecular weight is 349 g/mol. The molecule has 3 rings (SSSR count). The second-order valence-corrected chi connectivity index (χ2v) is 9.72. The predicted octanol–water partition coefficient (Wildman–Crippen LogP) is 7.38. The minimum atomic E-state index is 0.570. The van der Waals surface area contributed by atoms with Crippen LogP contribution in [-0.2, 0) is 4.74 Å². The third kappa shape index (κ3) is 5.72. The van der Waals surface area contributed by atoms with E-state index < -0.39 is 0 Å². The van der Waals surface area contributed by atoms with Crippen molar-refractivity contribution in [1.82, 2.24) is 0 Å². The van der Waals surface area contributed by atoms with Crippen LogP contribution in [0.25, 0.3) is 0 Å². The summed E-state index contributed by atoms with van der Waals surface area (Å²) in [6.07, 6.45) is 24.4. The second kappa shape index (κ2) is 10.3. The van der Waals surface area contributed by atoms with Crippen LogP contribution in [0.15, 0.2) is 0 Å².